The van der Waals surface area contributed by atoms with Crippen molar-refractivity contribution in [1.29, 1.82) is 0 Å². The van der Waals surface area contributed by atoms with Crippen molar-refractivity contribution in [3.05, 3.63) is 67.8 Å². The Bertz CT molecular complexity index is 690. The van der Waals surface area contributed by atoms with Gasteiger partial charge in [0.2, 0.25) is 0 Å². The molecule has 0 aromatic heterocycles. The highest BCUT2D eigenvalue weighted by Gasteiger charge is 2.13. The Morgan fingerprint density at radius 2 is 1.33 bits per heavy atom. The Hall–Kier alpha value is -2.91. The van der Waals surface area contributed by atoms with E-state index in [4.69, 9.17) is 28.2 Å². The number of nitrogen functional groups attached to an aromatic ring is 2. The van der Waals surface area contributed by atoms with Crippen molar-refractivity contribution in [3.63, 3.8) is 0 Å². The zero-order valence-corrected chi connectivity index (χ0v) is 13.1. The zero-order valence-electron chi connectivity index (χ0n) is 12.4. The molecule has 0 unspecified atom stereocenters. The predicted molar refractivity (Wildman–Crippen MR) is 90.5 cm³/mol. The van der Waals surface area contributed by atoms with Gasteiger partial charge >= 0.3 is 0 Å². The lowest BCUT2D eigenvalue weighted by Gasteiger charge is -2.01. The van der Waals surface area contributed by atoms with Crippen LogP contribution in [0.4, 0.5) is 22.7 Å². The van der Waals surface area contributed by atoms with Gasteiger partial charge in [0.25, 0.3) is 11.4 Å². The molecule has 0 aliphatic carbocycles. The van der Waals surface area contributed by atoms with E-state index in [1.165, 1.54) is 18.2 Å². The molecule has 0 atom stereocenters. The minimum absolute atomic E-state index is 0.0324. The molecule has 2 aromatic carbocycles. The largest absolute Gasteiger partial charge is 0.393 e. The summed E-state index contributed by atoms with van der Waals surface area (Å²) in [5.41, 5.74) is 11.8. The van der Waals surface area contributed by atoms with E-state index < -0.39 is 9.85 Å². The maximum Gasteiger partial charge on any atom is 0.292 e. The fraction of sp³-hybridized carbons (Fsp3) is 0.143. The molecule has 5 N–H and O–H groups in total. The van der Waals surface area contributed by atoms with E-state index in [1.807, 2.05) is 0 Å². The van der Waals surface area contributed by atoms with Crippen LogP contribution in [0.2, 0.25) is 0 Å². The highest BCUT2D eigenvalue weighted by Crippen LogP contribution is 2.25. The van der Waals surface area contributed by atoms with Gasteiger partial charge in [-0.2, -0.15) is 0 Å². The SMILES string of the molecule is Nc1c(CCl)cccc1[N+](=O)[O-].Nc1c(CO)cccc1[N+](=O)[O-]. The molecule has 0 saturated heterocycles. The normalized spacial score (nSPS) is 9.75. The summed E-state index contributed by atoms with van der Waals surface area (Å²) < 4.78 is 0. The number of nitro benzene ring substituents is 2. The van der Waals surface area contributed by atoms with Gasteiger partial charge in [-0.25, -0.2) is 0 Å². The molecule has 0 fully saturated rings. The van der Waals surface area contributed by atoms with Crippen LogP contribution < -0.4 is 11.5 Å². The molecule has 2 rings (SSSR count). The Labute approximate surface area is 141 Å². The molecule has 0 spiro atoms. The highest BCUT2D eigenvalue weighted by atomic mass is 35.5. The molecule has 0 heterocycles. The average molecular weight is 355 g/mol. The molecule has 0 saturated carbocycles. The number of hydrogen-bond donors (Lipinski definition) is 3. The number of nitrogens with zero attached hydrogens (tertiary/aromatic N) is 2. The predicted octanol–water partition coefficient (Wildman–Crippen LogP) is 2.59. The Morgan fingerprint density at radius 3 is 1.71 bits per heavy atom. The lowest BCUT2D eigenvalue weighted by atomic mass is 10.1. The number of aliphatic hydroxyl groups excluding tert-OH is 1. The first-order valence-corrected chi connectivity index (χ1v) is 7.07. The summed E-state index contributed by atoms with van der Waals surface area (Å²) in [6.45, 7) is -0.284. The summed E-state index contributed by atoms with van der Waals surface area (Å²) in [6.07, 6.45) is 0. The number of aliphatic hydroxyl groups is 1. The number of rotatable bonds is 4. The summed E-state index contributed by atoms with van der Waals surface area (Å²) in [5.74, 6) is 0.188. The summed E-state index contributed by atoms with van der Waals surface area (Å²) in [7, 11) is 0. The Kier molecular flexibility index (Phi) is 6.90. The van der Waals surface area contributed by atoms with E-state index in [0.29, 0.717) is 11.1 Å². The van der Waals surface area contributed by atoms with Crippen LogP contribution in [0.15, 0.2) is 36.4 Å². The first-order valence-electron chi connectivity index (χ1n) is 6.53. The van der Waals surface area contributed by atoms with E-state index >= 15 is 0 Å². The zero-order chi connectivity index (χ0) is 18.3. The van der Waals surface area contributed by atoms with Crippen LogP contribution in [0.25, 0.3) is 0 Å². The lowest BCUT2D eigenvalue weighted by Crippen LogP contribution is -1.99. The molecule has 128 valence electrons. The number of nitro groups is 2. The van der Waals surface area contributed by atoms with Gasteiger partial charge in [-0.3, -0.25) is 20.2 Å². The summed E-state index contributed by atoms with van der Waals surface area (Å²) in [5, 5.41) is 29.4. The van der Waals surface area contributed by atoms with Crippen molar-refractivity contribution in [3.8, 4) is 0 Å². The standard InChI is InChI=1S/C7H7ClN2O2.C7H8N2O3/c8-4-5-2-1-3-6(7(5)9)10(11)12;8-7-5(4-10)2-1-3-6(7)9(11)12/h1-3H,4,9H2;1-3,10H,4,8H2. The van der Waals surface area contributed by atoms with E-state index in [9.17, 15) is 20.2 Å². The first kappa shape index (κ1) is 19.1. The van der Waals surface area contributed by atoms with Crippen molar-refractivity contribution >= 4 is 34.4 Å². The number of para-hydroxylation sites is 2. The van der Waals surface area contributed by atoms with Crippen LogP contribution in [-0.2, 0) is 12.5 Å². The average Bonchev–Trinajstić information content (AvgIpc) is 2.55. The van der Waals surface area contributed by atoms with E-state index in [2.05, 4.69) is 0 Å². The number of anilines is 2. The van der Waals surface area contributed by atoms with Crippen molar-refractivity contribution in [2.75, 3.05) is 11.5 Å². The third-order valence-electron chi connectivity index (χ3n) is 3.05. The summed E-state index contributed by atoms with van der Waals surface area (Å²) in [6, 6.07) is 8.91. The van der Waals surface area contributed by atoms with E-state index in [1.54, 1.807) is 18.2 Å². The molecule has 10 heteroatoms. The van der Waals surface area contributed by atoms with Crippen molar-refractivity contribution in [1.82, 2.24) is 0 Å². The molecular formula is C14H15ClN4O5. The quantitative estimate of drug-likeness (QED) is 0.329. The molecular weight excluding hydrogens is 340 g/mol. The van der Waals surface area contributed by atoms with Crippen LogP contribution in [-0.4, -0.2) is 15.0 Å². The van der Waals surface area contributed by atoms with Gasteiger partial charge in [-0.05, 0) is 5.56 Å². The van der Waals surface area contributed by atoms with Gasteiger partial charge in [0, 0.05) is 23.6 Å². The highest BCUT2D eigenvalue weighted by molar-refractivity contribution is 6.17. The maximum atomic E-state index is 10.4. The molecule has 2 aromatic rings. The number of halogens is 1. The molecule has 0 amide bonds. The third kappa shape index (κ3) is 4.54. The van der Waals surface area contributed by atoms with Gasteiger partial charge in [0.15, 0.2) is 0 Å². The summed E-state index contributed by atoms with van der Waals surface area (Å²) >= 11 is 5.51. The lowest BCUT2D eigenvalue weighted by molar-refractivity contribution is -0.384. The number of alkyl halides is 1. The molecule has 0 aliphatic heterocycles. The maximum absolute atomic E-state index is 10.4. The second-order valence-corrected chi connectivity index (χ2v) is 4.77. The van der Waals surface area contributed by atoms with Gasteiger partial charge in [0.05, 0.1) is 16.5 Å². The van der Waals surface area contributed by atoms with Crippen molar-refractivity contribution in [2.45, 2.75) is 12.5 Å². The van der Waals surface area contributed by atoms with Crippen LogP contribution in [0, 0.1) is 20.2 Å². The molecule has 0 bridgehead atoms. The van der Waals surface area contributed by atoms with Gasteiger partial charge in [-0.15, -0.1) is 11.6 Å². The molecule has 9 nitrogen and oxygen atoms in total. The van der Waals surface area contributed by atoms with Crippen LogP contribution in [0.5, 0.6) is 0 Å². The summed E-state index contributed by atoms with van der Waals surface area (Å²) in [4.78, 5) is 19.6. The molecule has 0 radical (unpaired) electrons. The monoisotopic (exact) mass is 354 g/mol. The van der Waals surface area contributed by atoms with Crippen LogP contribution in [0.1, 0.15) is 11.1 Å². The second-order valence-electron chi connectivity index (χ2n) is 4.51. The van der Waals surface area contributed by atoms with Crippen molar-refractivity contribution < 1.29 is 15.0 Å². The second kappa shape index (κ2) is 8.65. The van der Waals surface area contributed by atoms with E-state index in [-0.39, 0.29) is 35.2 Å². The smallest absolute Gasteiger partial charge is 0.292 e. The minimum atomic E-state index is -0.575. The van der Waals surface area contributed by atoms with Crippen LogP contribution >= 0.6 is 11.6 Å². The number of benzene rings is 2. The van der Waals surface area contributed by atoms with Gasteiger partial charge in [0.1, 0.15) is 11.4 Å². The number of nitrogens with two attached hydrogens (primary N) is 2. The van der Waals surface area contributed by atoms with Crippen molar-refractivity contribution in [2.24, 2.45) is 0 Å². The first-order chi connectivity index (χ1) is 11.3. The molecule has 0 aliphatic rings. The Balaban J connectivity index is 0.000000240. The Morgan fingerprint density at radius 1 is 0.917 bits per heavy atom. The van der Waals surface area contributed by atoms with Crippen LogP contribution in [0.3, 0.4) is 0 Å². The molecule has 24 heavy (non-hydrogen) atoms. The third-order valence-corrected chi connectivity index (χ3v) is 3.34. The number of hydrogen-bond acceptors (Lipinski definition) is 7. The van der Waals surface area contributed by atoms with Gasteiger partial charge < -0.3 is 16.6 Å². The topological polar surface area (TPSA) is 159 Å². The van der Waals surface area contributed by atoms with Gasteiger partial charge in [-0.1, -0.05) is 24.3 Å². The minimum Gasteiger partial charge on any atom is -0.393 e. The fourth-order valence-electron chi connectivity index (χ4n) is 1.77. The fourth-order valence-corrected chi connectivity index (χ4v) is 2.00. The van der Waals surface area contributed by atoms with E-state index in [0.717, 1.165) is 0 Å².